The van der Waals surface area contributed by atoms with E-state index in [2.05, 4.69) is 30.4 Å². The van der Waals surface area contributed by atoms with Crippen molar-refractivity contribution in [1.29, 1.82) is 0 Å². The van der Waals surface area contributed by atoms with Gasteiger partial charge in [-0.05, 0) is 43.4 Å². The van der Waals surface area contributed by atoms with Crippen molar-refractivity contribution in [1.82, 2.24) is 0 Å². The third-order valence-corrected chi connectivity index (χ3v) is 2.91. The number of rotatable bonds is 3. The van der Waals surface area contributed by atoms with Crippen LogP contribution in [0.2, 0.25) is 0 Å². The molecule has 1 aromatic rings. The zero-order chi connectivity index (χ0) is 11.2. The van der Waals surface area contributed by atoms with Crippen molar-refractivity contribution in [2.24, 2.45) is 0 Å². The molecule has 0 fully saturated rings. The van der Waals surface area contributed by atoms with Gasteiger partial charge in [0, 0.05) is 0 Å². The third kappa shape index (κ3) is 2.99. The Morgan fingerprint density at radius 1 is 1.19 bits per heavy atom. The highest BCUT2D eigenvalue weighted by Crippen LogP contribution is 2.20. The summed E-state index contributed by atoms with van der Waals surface area (Å²) in [5.74, 6) is 0.916. The van der Waals surface area contributed by atoms with Crippen LogP contribution in [0.25, 0.3) is 6.08 Å². The normalized spacial score (nSPS) is 16.2. The molecule has 1 aliphatic carbocycles. The zero-order valence-electron chi connectivity index (χ0n) is 9.78. The van der Waals surface area contributed by atoms with Crippen molar-refractivity contribution in [2.75, 3.05) is 7.11 Å². The molecule has 0 N–H and O–H groups in total. The minimum atomic E-state index is 0.916. The van der Waals surface area contributed by atoms with E-state index in [9.17, 15) is 0 Å². The number of methoxy groups -OCH3 is 1. The van der Waals surface area contributed by atoms with Crippen molar-refractivity contribution in [3.8, 4) is 5.75 Å². The number of ether oxygens (including phenoxy) is 1. The van der Waals surface area contributed by atoms with Crippen LogP contribution in [0.3, 0.4) is 0 Å². The van der Waals surface area contributed by atoms with E-state index < -0.39 is 0 Å². The fraction of sp³-hybridized carbons (Fsp3) is 0.333. The van der Waals surface area contributed by atoms with Gasteiger partial charge in [-0.15, -0.1) is 0 Å². The lowest BCUT2D eigenvalue weighted by molar-refractivity contribution is 0.414. The lowest BCUT2D eigenvalue weighted by Gasteiger charge is -2.08. The highest BCUT2D eigenvalue weighted by atomic mass is 16.5. The molecule has 0 unspecified atom stereocenters. The van der Waals surface area contributed by atoms with Gasteiger partial charge < -0.3 is 4.74 Å². The predicted octanol–water partition coefficient (Wildman–Crippen LogP) is 4.21. The number of hydrogen-bond acceptors (Lipinski definition) is 1. The monoisotopic (exact) mass is 214 g/mol. The molecule has 0 aliphatic heterocycles. The zero-order valence-corrected chi connectivity index (χ0v) is 9.78. The van der Waals surface area contributed by atoms with Crippen LogP contribution in [0.15, 0.2) is 42.0 Å². The van der Waals surface area contributed by atoms with Crippen molar-refractivity contribution in [3.05, 3.63) is 47.6 Å². The lowest BCUT2D eigenvalue weighted by atomic mass is 9.99. The van der Waals surface area contributed by atoms with Gasteiger partial charge in [-0.2, -0.15) is 0 Å². The topological polar surface area (TPSA) is 9.23 Å². The van der Waals surface area contributed by atoms with Crippen molar-refractivity contribution >= 4 is 6.08 Å². The molecule has 0 atom stereocenters. The van der Waals surface area contributed by atoms with Crippen LogP contribution in [-0.4, -0.2) is 7.11 Å². The van der Waals surface area contributed by atoms with Gasteiger partial charge in [0.25, 0.3) is 0 Å². The molecule has 1 aliphatic rings. The Morgan fingerprint density at radius 2 is 2.12 bits per heavy atom. The molecule has 0 aromatic heterocycles. The first-order valence-electron chi connectivity index (χ1n) is 5.89. The summed E-state index contributed by atoms with van der Waals surface area (Å²) in [6.45, 7) is 0. The molecule has 1 aromatic carbocycles. The molecule has 0 bridgehead atoms. The summed E-state index contributed by atoms with van der Waals surface area (Å²) in [6, 6.07) is 8.15. The molecular formula is C15H18O. The third-order valence-electron chi connectivity index (χ3n) is 2.91. The summed E-state index contributed by atoms with van der Waals surface area (Å²) in [6.07, 6.45) is 11.9. The van der Waals surface area contributed by atoms with Gasteiger partial charge in [0.1, 0.15) is 5.75 Å². The summed E-state index contributed by atoms with van der Waals surface area (Å²) in [7, 11) is 1.70. The van der Waals surface area contributed by atoms with Crippen LogP contribution in [-0.2, 0) is 0 Å². The van der Waals surface area contributed by atoms with E-state index in [-0.39, 0.29) is 0 Å². The Balaban J connectivity index is 2.07. The molecule has 2 rings (SSSR count). The fourth-order valence-corrected chi connectivity index (χ4v) is 1.96. The first-order chi connectivity index (χ1) is 7.88. The highest BCUT2D eigenvalue weighted by Gasteiger charge is 1.99. The van der Waals surface area contributed by atoms with Crippen LogP contribution in [0.4, 0.5) is 0 Å². The Hall–Kier alpha value is -1.50. The smallest absolute Gasteiger partial charge is 0.119 e. The molecule has 0 heterocycles. The van der Waals surface area contributed by atoms with Gasteiger partial charge >= 0.3 is 0 Å². The quantitative estimate of drug-likeness (QED) is 0.732. The number of benzene rings is 1. The van der Waals surface area contributed by atoms with Crippen molar-refractivity contribution in [3.63, 3.8) is 0 Å². The first kappa shape index (κ1) is 11.0. The minimum absolute atomic E-state index is 0.916. The molecule has 0 amide bonds. The summed E-state index contributed by atoms with van der Waals surface area (Å²) in [5.41, 5.74) is 2.67. The standard InChI is InChI=1S/C15H18O/c1-16-15-9-5-8-14(12-15)11-10-13-6-3-2-4-7-13/h5-6,8-12H,2-4,7H2,1H3/b11-10+. The molecule has 1 heteroatoms. The van der Waals surface area contributed by atoms with Crippen molar-refractivity contribution in [2.45, 2.75) is 25.7 Å². The fourth-order valence-electron chi connectivity index (χ4n) is 1.96. The maximum Gasteiger partial charge on any atom is 0.119 e. The molecule has 0 saturated carbocycles. The van der Waals surface area contributed by atoms with E-state index >= 15 is 0 Å². The second-order valence-corrected chi connectivity index (χ2v) is 4.13. The van der Waals surface area contributed by atoms with Gasteiger partial charge in [0.2, 0.25) is 0 Å². The van der Waals surface area contributed by atoms with Crippen LogP contribution < -0.4 is 4.74 Å². The average Bonchev–Trinajstić information content (AvgIpc) is 2.38. The molecule has 84 valence electrons. The SMILES string of the molecule is COc1cccc(/C=C/C2=CCCCC2)c1. The summed E-state index contributed by atoms with van der Waals surface area (Å²) in [4.78, 5) is 0. The van der Waals surface area contributed by atoms with Gasteiger partial charge in [-0.25, -0.2) is 0 Å². The molecular weight excluding hydrogens is 196 g/mol. The van der Waals surface area contributed by atoms with E-state index in [4.69, 9.17) is 4.74 Å². The predicted molar refractivity (Wildman–Crippen MR) is 68.6 cm³/mol. The van der Waals surface area contributed by atoms with Crippen LogP contribution in [0, 0.1) is 0 Å². The van der Waals surface area contributed by atoms with E-state index in [1.165, 1.54) is 36.8 Å². The van der Waals surface area contributed by atoms with E-state index in [0.717, 1.165) is 5.75 Å². The number of allylic oxidation sites excluding steroid dienone is 3. The maximum absolute atomic E-state index is 5.20. The Labute approximate surface area is 97.4 Å². The summed E-state index contributed by atoms with van der Waals surface area (Å²) < 4.78 is 5.20. The highest BCUT2D eigenvalue weighted by molar-refractivity contribution is 5.54. The molecule has 16 heavy (non-hydrogen) atoms. The Kier molecular flexibility index (Phi) is 3.81. The Bertz CT molecular complexity index is 402. The summed E-state index contributed by atoms with van der Waals surface area (Å²) in [5, 5.41) is 0. The molecule has 0 spiro atoms. The van der Waals surface area contributed by atoms with Crippen LogP contribution in [0.1, 0.15) is 31.2 Å². The Morgan fingerprint density at radius 3 is 2.88 bits per heavy atom. The second kappa shape index (κ2) is 5.55. The van der Waals surface area contributed by atoms with E-state index in [0.29, 0.717) is 0 Å². The van der Waals surface area contributed by atoms with E-state index in [1.807, 2.05) is 12.1 Å². The van der Waals surface area contributed by atoms with Crippen LogP contribution >= 0.6 is 0 Å². The largest absolute Gasteiger partial charge is 0.497 e. The average molecular weight is 214 g/mol. The van der Waals surface area contributed by atoms with Gasteiger partial charge in [-0.3, -0.25) is 0 Å². The second-order valence-electron chi connectivity index (χ2n) is 4.13. The maximum atomic E-state index is 5.20. The van der Waals surface area contributed by atoms with Crippen molar-refractivity contribution < 1.29 is 4.74 Å². The van der Waals surface area contributed by atoms with E-state index in [1.54, 1.807) is 7.11 Å². The summed E-state index contributed by atoms with van der Waals surface area (Å²) >= 11 is 0. The van der Waals surface area contributed by atoms with Crippen LogP contribution in [0.5, 0.6) is 5.75 Å². The minimum Gasteiger partial charge on any atom is -0.497 e. The molecule has 1 nitrogen and oxygen atoms in total. The lowest BCUT2D eigenvalue weighted by Crippen LogP contribution is -1.88. The van der Waals surface area contributed by atoms with Gasteiger partial charge in [-0.1, -0.05) is 35.9 Å². The molecule has 0 saturated heterocycles. The number of hydrogen-bond donors (Lipinski definition) is 0. The first-order valence-corrected chi connectivity index (χ1v) is 5.89. The van der Waals surface area contributed by atoms with Gasteiger partial charge in [0.15, 0.2) is 0 Å². The van der Waals surface area contributed by atoms with Gasteiger partial charge in [0.05, 0.1) is 7.11 Å². The molecule has 0 radical (unpaired) electrons.